The molecule has 0 saturated carbocycles. The van der Waals surface area contributed by atoms with Gasteiger partial charge in [0, 0.05) is 0 Å². The second-order valence-electron chi connectivity index (χ2n) is 3.56. The summed E-state index contributed by atoms with van der Waals surface area (Å²) >= 11 is 2.78. The SMILES string of the molecule is O=S(=O)(Br)[C@H]1CCCc2ccccc21. The quantitative estimate of drug-likeness (QED) is 0.738. The van der Waals surface area contributed by atoms with E-state index in [4.69, 9.17) is 0 Å². The molecule has 4 heteroatoms. The molecule has 1 aromatic rings. The summed E-state index contributed by atoms with van der Waals surface area (Å²) in [6.45, 7) is 0. The minimum atomic E-state index is -3.13. The summed E-state index contributed by atoms with van der Waals surface area (Å²) < 4.78 is 22.9. The largest absolute Gasteiger partial charge is 0.216 e. The van der Waals surface area contributed by atoms with E-state index in [1.165, 1.54) is 5.56 Å². The predicted molar refractivity (Wildman–Crippen MR) is 60.0 cm³/mol. The molecule has 0 spiro atoms. The van der Waals surface area contributed by atoms with Gasteiger partial charge in [-0.05, 0) is 30.4 Å². The van der Waals surface area contributed by atoms with Crippen molar-refractivity contribution in [1.82, 2.24) is 0 Å². The fraction of sp³-hybridized carbons (Fsp3) is 0.400. The third kappa shape index (κ3) is 1.86. The van der Waals surface area contributed by atoms with Gasteiger partial charge in [-0.1, -0.05) is 24.3 Å². The molecule has 1 aromatic carbocycles. The lowest BCUT2D eigenvalue weighted by atomic mass is 9.91. The number of rotatable bonds is 1. The van der Waals surface area contributed by atoms with Crippen LogP contribution in [0, 0.1) is 0 Å². The topological polar surface area (TPSA) is 34.1 Å². The number of halogens is 1. The Bertz CT molecular complexity index is 439. The Balaban J connectivity index is 2.51. The second-order valence-corrected chi connectivity index (χ2v) is 7.78. The summed E-state index contributed by atoms with van der Waals surface area (Å²) in [6, 6.07) is 7.79. The highest BCUT2D eigenvalue weighted by atomic mass is 79.9. The maximum Gasteiger partial charge on any atom is 0.216 e. The van der Waals surface area contributed by atoms with Crippen molar-refractivity contribution in [1.29, 1.82) is 0 Å². The first-order chi connectivity index (χ1) is 6.59. The van der Waals surface area contributed by atoms with Gasteiger partial charge in [-0.25, -0.2) is 8.42 Å². The molecule has 2 rings (SSSR count). The van der Waals surface area contributed by atoms with Crippen molar-refractivity contribution in [2.45, 2.75) is 24.5 Å². The van der Waals surface area contributed by atoms with Crippen molar-refractivity contribution in [2.24, 2.45) is 0 Å². The maximum absolute atomic E-state index is 11.5. The molecule has 2 nitrogen and oxygen atoms in total. The van der Waals surface area contributed by atoms with Gasteiger partial charge in [0.15, 0.2) is 0 Å². The number of fused-ring (bicyclic) bond motifs is 1. The average molecular weight is 275 g/mol. The van der Waals surface area contributed by atoms with E-state index in [2.05, 4.69) is 14.8 Å². The van der Waals surface area contributed by atoms with E-state index in [9.17, 15) is 8.42 Å². The zero-order valence-electron chi connectivity index (χ0n) is 7.61. The molecule has 0 amide bonds. The van der Waals surface area contributed by atoms with Crippen LogP contribution in [0.5, 0.6) is 0 Å². The van der Waals surface area contributed by atoms with Crippen LogP contribution in [0.2, 0.25) is 0 Å². The van der Waals surface area contributed by atoms with E-state index in [-0.39, 0.29) is 5.25 Å². The Morgan fingerprint density at radius 2 is 2.00 bits per heavy atom. The molecule has 0 radical (unpaired) electrons. The van der Waals surface area contributed by atoms with Gasteiger partial charge in [0.25, 0.3) is 0 Å². The van der Waals surface area contributed by atoms with Crippen molar-refractivity contribution in [3.05, 3.63) is 35.4 Å². The number of hydrogen-bond donors (Lipinski definition) is 0. The Hall–Kier alpha value is -0.350. The first kappa shape index (κ1) is 10.2. The molecule has 1 atom stereocenters. The van der Waals surface area contributed by atoms with Crippen LogP contribution in [-0.4, -0.2) is 8.42 Å². The fourth-order valence-corrected chi connectivity index (χ4v) is 4.15. The Kier molecular flexibility index (Phi) is 2.66. The average Bonchev–Trinajstić information content (AvgIpc) is 2.15. The number of benzene rings is 1. The van der Waals surface area contributed by atoms with Crippen LogP contribution < -0.4 is 0 Å². The van der Waals surface area contributed by atoms with E-state index in [1.54, 1.807) is 0 Å². The molecule has 14 heavy (non-hydrogen) atoms. The zero-order valence-corrected chi connectivity index (χ0v) is 10.0. The Morgan fingerprint density at radius 3 is 2.71 bits per heavy atom. The molecule has 76 valence electrons. The van der Waals surface area contributed by atoms with Crippen molar-refractivity contribution >= 4 is 23.1 Å². The number of aryl methyl sites for hydroxylation is 1. The normalized spacial score (nSPS) is 21.6. The van der Waals surface area contributed by atoms with Crippen molar-refractivity contribution in [3.63, 3.8) is 0 Å². The molecule has 0 fully saturated rings. The number of hydrogen-bond acceptors (Lipinski definition) is 2. The Morgan fingerprint density at radius 1 is 1.29 bits per heavy atom. The highest BCUT2D eigenvalue weighted by Gasteiger charge is 2.28. The predicted octanol–water partition coefficient (Wildman–Crippen LogP) is 2.79. The summed E-state index contributed by atoms with van der Waals surface area (Å²) in [5.41, 5.74) is 2.14. The lowest BCUT2D eigenvalue weighted by Crippen LogP contribution is -2.14. The van der Waals surface area contributed by atoms with Gasteiger partial charge in [0.2, 0.25) is 8.27 Å². The molecule has 0 aromatic heterocycles. The van der Waals surface area contributed by atoms with Crippen molar-refractivity contribution < 1.29 is 8.42 Å². The van der Waals surface area contributed by atoms with Gasteiger partial charge in [0.1, 0.15) is 0 Å². The first-order valence-electron chi connectivity index (χ1n) is 4.60. The Labute approximate surface area is 91.5 Å². The molecule has 0 unspecified atom stereocenters. The molecule has 1 aliphatic rings. The van der Waals surface area contributed by atoms with Gasteiger partial charge < -0.3 is 0 Å². The highest BCUT2D eigenvalue weighted by molar-refractivity contribution is 9.47. The van der Waals surface area contributed by atoms with Crippen LogP contribution >= 0.6 is 14.8 Å². The summed E-state index contributed by atoms with van der Waals surface area (Å²) in [6.07, 6.45) is 2.67. The van der Waals surface area contributed by atoms with Crippen LogP contribution in [0.4, 0.5) is 0 Å². The zero-order chi connectivity index (χ0) is 10.2. The molecule has 0 aliphatic heterocycles. The molecule has 0 heterocycles. The van der Waals surface area contributed by atoms with E-state index >= 15 is 0 Å². The monoisotopic (exact) mass is 274 g/mol. The summed E-state index contributed by atoms with van der Waals surface area (Å²) in [4.78, 5) is 0. The van der Waals surface area contributed by atoms with E-state index < -0.39 is 8.27 Å². The minimum absolute atomic E-state index is 0.354. The van der Waals surface area contributed by atoms with E-state index in [0.717, 1.165) is 24.8 Å². The van der Waals surface area contributed by atoms with Crippen LogP contribution in [0.25, 0.3) is 0 Å². The second kappa shape index (κ2) is 3.66. The molecule has 0 N–H and O–H groups in total. The van der Waals surface area contributed by atoms with Crippen molar-refractivity contribution in [3.8, 4) is 0 Å². The third-order valence-corrected chi connectivity index (χ3v) is 5.18. The molecule has 0 saturated heterocycles. The van der Waals surface area contributed by atoms with Gasteiger partial charge in [-0.15, -0.1) is 0 Å². The molecular weight excluding hydrogens is 264 g/mol. The summed E-state index contributed by atoms with van der Waals surface area (Å²) in [5.74, 6) is 0. The lowest BCUT2D eigenvalue weighted by molar-refractivity contribution is 0.576. The van der Waals surface area contributed by atoms with Gasteiger partial charge in [0.05, 0.1) is 20.1 Å². The van der Waals surface area contributed by atoms with Crippen LogP contribution in [-0.2, 0) is 14.7 Å². The standard InChI is InChI=1S/C10H11BrO2S/c11-14(12,13)10-7-3-5-8-4-1-2-6-9(8)10/h1-2,4,6,10H,3,5,7H2/t10-/m0/s1. The van der Waals surface area contributed by atoms with Gasteiger partial charge in [-0.2, -0.15) is 0 Å². The molecular formula is C10H11BrO2S. The van der Waals surface area contributed by atoms with Crippen molar-refractivity contribution in [2.75, 3.05) is 0 Å². The molecule has 0 bridgehead atoms. The van der Waals surface area contributed by atoms with Crippen LogP contribution in [0.15, 0.2) is 24.3 Å². The fourth-order valence-electron chi connectivity index (χ4n) is 2.00. The van der Waals surface area contributed by atoms with Gasteiger partial charge in [-0.3, -0.25) is 0 Å². The highest BCUT2D eigenvalue weighted by Crippen LogP contribution is 2.37. The summed E-state index contributed by atoms with van der Waals surface area (Å²) in [7, 11) is -3.13. The van der Waals surface area contributed by atoms with E-state index in [0.29, 0.717) is 0 Å². The lowest BCUT2D eigenvalue weighted by Gasteiger charge is -2.22. The van der Waals surface area contributed by atoms with Crippen LogP contribution in [0.3, 0.4) is 0 Å². The third-order valence-electron chi connectivity index (χ3n) is 2.65. The first-order valence-corrected chi connectivity index (χ1v) is 7.99. The molecule has 1 aliphatic carbocycles. The van der Waals surface area contributed by atoms with E-state index in [1.807, 2.05) is 24.3 Å². The van der Waals surface area contributed by atoms with Gasteiger partial charge >= 0.3 is 0 Å². The maximum atomic E-state index is 11.5. The minimum Gasteiger partial charge on any atom is -0.216 e. The smallest absolute Gasteiger partial charge is 0.216 e. The van der Waals surface area contributed by atoms with Crippen LogP contribution in [0.1, 0.15) is 29.2 Å². The summed E-state index contributed by atoms with van der Waals surface area (Å²) in [5, 5.41) is -0.354.